The molecule has 1 rings (SSSR count). The van der Waals surface area contributed by atoms with E-state index < -0.39 is 29.4 Å². The lowest BCUT2D eigenvalue weighted by atomic mass is 9.85. The van der Waals surface area contributed by atoms with Crippen LogP contribution in [-0.4, -0.2) is 67.1 Å². The van der Waals surface area contributed by atoms with Gasteiger partial charge in [-0.1, -0.05) is 20.8 Å². The van der Waals surface area contributed by atoms with Gasteiger partial charge in [0.2, 0.25) is 5.91 Å². The standard InChI is InChI=1S/C14H24F3N3O2/c1-13(2,3)10(18-12(22)14(15,16)17)11(21)20-7-6-9(8-20)19(4)5/h9-10H,6-8H2,1-5H3,(H,18,22)/t9-,10-/m1/s1. The van der Waals surface area contributed by atoms with Gasteiger partial charge in [-0.05, 0) is 25.9 Å². The first-order valence-corrected chi connectivity index (χ1v) is 7.17. The molecule has 1 heterocycles. The Morgan fingerprint density at radius 1 is 1.23 bits per heavy atom. The molecule has 0 unspecified atom stereocenters. The third-order valence-corrected chi connectivity index (χ3v) is 3.85. The van der Waals surface area contributed by atoms with Crippen LogP contribution in [-0.2, 0) is 9.59 Å². The largest absolute Gasteiger partial charge is 0.471 e. The summed E-state index contributed by atoms with van der Waals surface area (Å²) in [7, 11) is 3.79. The van der Waals surface area contributed by atoms with Crippen LogP contribution in [0.1, 0.15) is 27.2 Å². The molecule has 1 aliphatic heterocycles. The van der Waals surface area contributed by atoms with Crippen molar-refractivity contribution in [3.05, 3.63) is 0 Å². The molecule has 1 saturated heterocycles. The minimum atomic E-state index is -5.00. The topological polar surface area (TPSA) is 52.6 Å². The van der Waals surface area contributed by atoms with E-state index in [0.29, 0.717) is 13.1 Å². The van der Waals surface area contributed by atoms with E-state index >= 15 is 0 Å². The Morgan fingerprint density at radius 2 is 1.77 bits per heavy atom. The second-order valence-corrected chi connectivity index (χ2v) is 6.96. The fraction of sp³-hybridized carbons (Fsp3) is 0.857. The number of hydrogen-bond acceptors (Lipinski definition) is 3. The molecule has 1 N–H and O–H groups in total. The highest BCUT2D eigenvalue weighted by atomic mass is 19.4. The summed E-state index contributed by atoms with van der Waals surface area (Å²) in [6.07, 6.45) is -4.23. The van der Waals surface area contributed by atoms with Crippen molar-refractivity contribution in [1.82, 2.24) is 15.1 Å². The molecule has 1 fully saturated rings. The summed E-state index contributed by atoms with van der Waals surface area (Å²) in [5, 5.41) is 1.85. The van der Waals surface area contributed by atoms with Gasteiger partial charge in [-0.15, -0.1) is 0 Å². The Bertz CT molecular complexity index is 430. The molecule has 128 valence electrons. The molecule has 22 heavy (non-hydrogen) atoms. The Morgan fingerprint density at radius 3 is 2.14 bits per heavy atom. The quantitative estimate of drug-likeness (QED) is 0.850. The Balaban J connectivity index is 2.85. The van der Waals surface area contributed by atoms with E-state index in [0.717, 1.165) is 6.42 Å². The van der Waals surface area contributed by atoms with Gasteiger partial charge in [0.25, 0.3) is 0 Å². The van der Waals surface area contributed by atoms with E-state index in [1.54, 1.807) is 20.8 Å². The molecule has 0 aliphatic carbocycles. The van der Waals surface area contributed by atoms with E-state index in [4.69, 9.17) is 0 Å². The van der Waals surface area contributed by atoms with Crippen LogP contribution in [0.2, 0.25) is 0 Å². The van der Waals surface area contributed by atoms with Gasteiger partial charge in [0.15, 0.2) is 0 Å². The van der Waals surface area contributed by atoms with Crippen LogP contribution in [0.15, 0.2) is 0 Å². The van der Waals surface area contributed by atoms with Crippen molar-refractivity contribution >= 4 is 11.8 Å². The highest BCUT2D eigenvalue weighted by Crippen LogP contribution is 2.25. The van der Waals surface area contributed by atoms with Crippen molar-refractivity contribution in [3.8, 4) is 0 Å². The number of carbonyl (C=O) groups excluding carboxylic acids is 2. The number of nitrogens with one attached hydrogen (secondary N) is 1. The van der Waals surface area contributed by atoms with Gasteiger partial charge in [-0.2, -0.15) is 13.2 Å². The molecule has 2 atom stereocenters. The number of nitrogens with zero attached hydrogens (tertiary/aromatic N) is 2. The first-order valence-electron chi connectivity index (χ1n) is 7.17. The predicted octanol–water partition coefficient (Wildman–Crippen LogP) is 1.24. The van der Waals surface area contributed by atoms with E-state index in [1.165, 1.54) is 4.90 Å². The van der Waals surface area contributed by atoms with E-state index in [9.17, 15) is 22.8 Å². The predicted molar refractivity (Wildman–Crippen MR) is 76.1 cm³/mol. The van der Waals surface area contributed by atoms with Crippen LogP contribution in [0.4, 0.5) is 13.2 Å². The molecule has 0 saturated carbocycles. The number of amides is 2. The maximum absolute atomic E-state index is 12.5. The van der Waals surface area contributed by atoms with Gasteiger partial charge < -0.3 is 15.1 Å². The molecule has 5 nitrogen and oxygen atoms in total. The third kappa shape index (κ3) is 4.59. The fourth-order valence-electron chi connectivity index (χ4n) is 2.41. The van der Waals surface area contributed by atoms with Crippen LogP contribution >= 0.6 is 0 Å². The third-order valence-electron chi connectivity index (χ3n) is 3.85. The summed E-state index contributed by atoms with van der Waals surface area (Å²) in [6, 6.07) is -1.02. The minimum absolute atomic E-state index is 0.183. The molecule has 0 bridgehead atoms. The lowest BCUT2D eigenvalue weighted by Gasteiger charge is -2.33. The number of hydrogen-bond donors (Lipinski definition) is 1. The lowest BCUT2D eigenvalue weighted by Crippen LogP contribution is -2.57. The maximum atomic E-state index is 12.5. The molecular formula is C14H24F3N3O2. The average molecular weight is 323 g/mol. The van der Waals surface area contributed by atoms with Gasteiger partial charge in [-0.25, -0.2) is 0 Å². The molecule has 0 aromatic carbocycles. The number of alkyl halides is 3. The van der Waals surface area contributed by atoms with Crippen molar-refractivity contribution in [2.45, 2.75) is 45.5 Å². The lowest BCUT2D eigenvalue weighted by molar-refractivity contribution is -0.176. The van der Waals surface area contributed by atoms with E-state index in [1.807, 2.05) is 24.3 Å². The highest BCUT2D eigenvalue weighted by Gasteiger charge is 2.45. The molecular weight excluding hydrogens is 299 g/mol. The normalized spacial score (nSPS) is 21.1. The number of halogens is 3. The molecule has 0 radical (unpaired) electrons. The van der Waals surface area contributed by atoms with Gasteiger partial charge in [-0.3, -0.25) is 9.59 Å². The molecule has 2 amide bonds. The van der Waals surface area contributed by atoms with Gasteiger partial charge in [0.1, 0.15) is 6.04 Å². The minimum Gasteiger partial charge on any atom is -0.339 e. The average Bonchev–Trinajstić information content (AvgIpc) is 2.81. The summed E-state index contributed by atoms with van der Waals surface area (Å²) in [6.45, 7) is 5.83. The van der Waals surface area contributed by atoms with Crippen LogP contribution in [0.3, 0.4) is 0 Å². The smallest absolute Gasteiger partial charge is 0.339 e. The highest BCUT2D eigenvalue weighted by molar-refractivity contribution is 5.90. The molecule has 0 spiro atoms. The molecule has 0 aromatic rings. The van der Waals surface area contributed by atoms with Crippen molar-refractivity contribution in [2.75, 3.05) is 27.2 Å². The zero-order valence-corrected chi connectivity index (χ0v) is 13.6. The number of likely N-dealkylation sites (tertiary alicyclic amines) is 1. The maximum Gasteiger partial charge on any atom is 0.471 e. The van der Waals surface area contributed by atoms with Crippen LogP contribution in [0, 0.1) is 5.41 Å². The van der Waals surface area contributed by atoms with Gasteiger partial charge in [0.05, 0.1) is 0 Å². The van der Waals surface area contributed by atoms with Gasteiger partial charge in [0, 0.05) is 19.1 Å². The summed E-state index contributed by atoms with van der Waals surface area (Å²) < 4.78 is 37.4. The van der Waals surface area contributed by atoms with Crippen molar-refractivity contribution in [2.24, 2.45) is 5.41 Å². The second kappa shape index (κ2) is 6.44. The van der Waals surface area contributed by atoms with Crippen molar-refractivity contribution in [1.29, 1.82) is 0 Å². The van der Waals surface area contributed by atoms with E-state index in [-0.39, 0.29) is 6.04 Å². The summed E-state index contributed by atoms with van der Waals surface area (Å²) in [5.74, 6) is -2.54. The summed E-state index contributed by atoms with van der Waals surface area (Å²) in [5.41, 5.74) is -0.811. The second-order valence-electron chi connectivity index (χ2n) is 6.96. The number of carbonyl (C=O) groups is 2. The van der Waals surface area contributed by atoms with Crippen LogP contribution in [0.25, 0.3) is 0 Å². The van der Waals surface area contributed by atoms with Crippen LogP contribution in [0.5, 0.6) is 0 Å². The Hall–Kier alpha value is -1.31. The van der Waals surface area contributed by atoms with Crippen molar-refractivity contribution < 1.29 is 22.8 Å². The zero-order chi connectivity index (χ0) is 17.3. The Kier molecular flexibility index (Phi) is 5.48. The molecule has 0 aromatic heterocycles. The Labute approximate surface area is 128 Å². The van der Waals surface area contributed by atoms with E-state index in [2.05, 4.69) is 0 Å². The molecule has 1 aliphatic rings. The molecule has 8 heteroatoms. The monoisotopic (exact) mass is 323 g/mol. The first kappa shape index (κ1) is 18.7. The first-order chi connectivity index (χ1) is 9.84. The number of likely N-dealkylation sites (N-methyl/N-ethyl adjacent to an activating group) is 1. The SMILES string of the molecule is CN(C)[C@@H]1CCN(C(=O)[C@@H](NC(=O)C(F)(F)F)C(C)(C)C)C1. The van der Waals surface area contributed by atoms with Gasteiger partial charge >= 0.3 is 12.1 Å². The van der Waals surface area contributed by atoms with Crippen LogP contribution < -0.4 is 5.32 Å². The number of rotatable bonds is 3. The summed E-state index contributed by atoms with van der Waals surface area (Å²) >= 11 is 0. The fourth-order valence-corrected chi connectivity index (χ4v) is 2.41. The zero-order valence-electron chi connectivity index (χ0n) is 13.6. The summed E-state index contributed by atoms with van der Waals surface area (Å²) in [4.78, 5) is 27.3. The van der Waals surface area contributed by atoms with Crippen molar-refractivity contribution in [3.63, 3.8) is 0 Å².